The van der Waals surface area contributed by atoms with Crippen molar-refractivity contribution in [3.8, 4) is 0 Å². The van der Waals surface area contributed by atoms with Crippen molar-refractivity contribution in [1.82, 2.24) is 0 Å². The normalized spacial score (nSPS) is 11.2. The van der Waals surface area contributed by atoms with Gasteiger partial charge in [-0.2, -0.15) is 0 Å². The van der Waals surface area contributed by atoms with Crippen LogP contribution in [0.4, 0.5) is 10.1 Å². The standard InChI is InChI=1S/C25H40FNO2/c1-2-3-4-5-6-7-8-9-10-11-12-13-14-15-20-27-23-18-16-22(24(26)21-23)17-19-25(28)29/h16-19,21,27H,2-15,20H2,1H3,(H,28,29)/b19-17+. The van der Waals surface area contributed by atoms with Gasteiger partial charge >= 0.3 is 5.97 Å². The molecule has 0 unspecified atom stereocenters. The summed E-state index contributed by atoms with van der Waals surface area (Å²) >= 11 is 0. The van der Waals surface area contributed by atoms with E-state index in [1.165, 1.54) is 95.6 Å². The van der Waals surface area contributed by atoms with Gasteiger partial charge < -0.3 is 10.4 Å². The van der Waals surface area contributed by atoms with Gasteiger partial charge in [0, 0.05) is 23.9 Å². The van der Waals surface area contributed by atoms with Crippen LogP contribution in [-0.4, -0.2) is 17.6 Å². The predicted molar refractivity (Wildman–Crippen MR) is 122 cm³/mol. The molecule has 0 aliphatic heterocycles. The van der Waals surface area contributed by atoms with Crippen molar-refractivity contribution in [2.75, 3.05) is 11.9 Å². The average Bonchev–Trinajstić information content (AvgIpc) is 2.70. The van der Waals surface area contributed by atoms with E-state index in [0.717, 1.165) is 24.7 Å². The minimum absolute atomic E-state index is 0.287. The molecule has 0 spiro atoms. The SMILES string of the molecule is CCCCCCCCCCCCCCCCNc1ccc(/C=C/C(=O)O)c(F)c1. The Balaban J connectivity index is 1.96. The zero-order chi connectivity index (χ0) is 21.2. The van der Waals surface area contributed by atoms with Crippen molar-refractivity contribution >= 4 is 17.7 Å². The molecule has 0 radical (unpaired) electrons. The first kappa shape index (κ1) is 25.2. The maximum absolute atomic E-state index is 13.9. The lowest BCUT2D eigenvalue weighted by molar-refractivity contribution is -0.131. The van der Waals surface area contributed by atoms with Gasteiger partial charge in [-0.15, -0.1) is 0 Å². The summed E-state index contributed by atoms with van der Waals surface area (Å²) in [6.07, 6.45) is 21.0. The zero-order valence-electron chi connectivity index (χ0n) is 18.2. The molecule has 4 heteroatoms. The van der Waals surface area contributed by atoms with Gasteiger partial charge in [0.2, 0.25) is 0 Å². The Kier molecular flexibility index (Phi) is 14.8. The molecule has 0 fully saturated rings. The number of anilines is 1. The lowest BCUT2D eigenvalue weighted by Gasteiger charge is -2.08. The van der Waals surface area contributed by atoms with Gasteiger partial charge in [-0.1, -0.05) is 90.4 Å². The fourth-order valence-electron chi connectivity index (χ4n) is 3.49. The maximum atomic E-state index is 13.9. The van der Waals surface area contributed by atoms with E-state index >= 15 is 0 Å². The molecule has 2 N–H and O–H groups in total. The topological polar surface area (TPSA) is 49.3 Å². The number of benzene rings is 1. The smallest absolute Gasteiger partial charge is 0.328 e. The van der Waals surface area contributed by atoms with Crippen LogP contribution in [0.25, 0.3) is 6.08 Å². The van der Waals surface area contributed by atoms with Crippen LogP contribution in [0.3, 0.4) is 0 Å². The van der Waals surface area contributed by atoms with Crippen molar-refractivity contribution in [3.63, 3.8) is 0 Å². The van der Waals surface area contributed by atoms with E-state index in [9.17, 15) is 9.18 Å². The summed E-state index contributed by atoms with van der Waals surface area (Å²) in [7, 11) is 0. The van der Waals surface area contributed by atoms with Crippen LogP contribution in [-0.2, 0) is 4.79 Å². The summed E-state index contributed by atoms with van der Waals surface area (Å²) in [5, 5.41) is 11.8. The first-order valence-electron chi connectivity index (χ1n) is 11.6. The molecule has 1 aromatic rings. The predicted octanol–water partition coefficient (Wildman–Crippen LogP) is 7.82. The van der Waals surface area contributed by atoms with Gasteiger partial charge in [0.25, 0.3) is 0 Å². The van der Waals surface area contributed by atoms with Gasteiger partial charge in [-0.3, -0.25) is 0 Å². The lowest BCUT2D eigenvalue weighted by atomic mass is 10.0. The van der Waals surface area contributed by atoms with E-state index in [2.05, 4.69) is 12.2 Å². The molecule has 0 aliphatic rings. The number of carboxylic acids is 1. The molecular formula is C25H40FNO2. The van der Waals surface area contributed by atoms with Crippen molar-refractivity contribution in [3.05, 3.63) is 35.7 Å². The number of carboxylic acid groups (broad SMARTS) is 1. The van der Waals surface area contributed by atoms with E-state index in [1.54, 1.807) is 12.1 Å². The van der Waals surface area contributed by atoms with Crippen LogP contribution < -0.4 is 5.32 Å². The van der Waals surface area contributed by atoms with Gasteiger partial charge in [0.05, 0.1) is 0 Å². The molecule has 164 valence electrons. The summed E-state index contributed by atoms with van der Waals surface area (Å²) < 4.78 is 13.9. The number of carbonyl (C=O) groups is 1. The largest absolute Gasteiger partial charge is 0.478 e. The monoisotopic (exact) mass is 405 g/mol. The fraction of sp³-hybridized carbons (Fsp3) is 0.640. The van der Waals surface area contributed by atoms with Crippen LogP contribution in [0.1, 0.15) is 102 Å². The second-order valence-corrected chi connectivity index (χ2v) is 7.93. The molecule has 0 saturated carbocycles. The number of hydrogen-bond donors (Lipinski definition) is 2. The third-order valence-corrected chi connectivity index (χ3v) is 5.27. The van der Waals surface area contributed by atoms with Gasteiger partial charge in [0.1, 0.15) is 5.82 Å². The first-order chi connectivity index (χ1) is 14.1. The highest BCUT2D eigenvalue weighted by Crippen LogP contribution is 2.17. The Hall–Kier alpha value is -1.84. The van der Waals surface area contributed by atoms with Crippen LogP contribution >= 0.6 is 0 Å². The van der Waals surface area contributed by atoms with Crippen LogP contribution in [0.5, 0.6) is 0 Å². The summed E-state index contributed by atoms with van der Waals surface area (Å²) in [6.45, 7) is 3.10. The molecule has 0 heterocycles. The van der Waals surface area contributed by atoms with Gasteiger partial charge in [-0.25, -0.2) is 9.18 Å². The molecule has 29 heavy (non-hydrogen) atoms. The molecule has 0 bridgehead atoms. The van der Waals surface area contributed by atoms with Crippen LogP contribution in [0.2, 0.25) is 0 Å². The number of aliphatic carboxylic acids is 1. The maximum Gasteiger partial charge on any atom is 0.328 e. The Bertz CT molecular complexity index is 586. The van der Waals surface area contributed by atoms with Crippen molar-refractivity contribution in [2.24, 2.45) is 0 Å². The lowest BCUT2D eigenvalue weighted by Crippen LogP contribution is -2.02. The third-order valence-electron chi connectivity index (χ3n) is 5.27. The van der Waals surface area contributed by atoms with Crippen molar-refractivity contribution in [1.29, 1.82) is 0 Å². The molecule has 0 amide bonds. The summed E-state index contributed by atoms with van der Waals surface area (Å²) in [4.78, 5) is 10.5. The zero-order valence-corrected chi connectivity index (χ0v) is 18.2. The molecule has 0 aliphatic carbocycles. The Labute approximate surface area is 176 Å². The number of halogens is 1. The second-order valence-electron chi connectivity index (χ2n) is 7.93. The molecule has 0 aromatic heterocycles. The van der Waals surface area contributed by atoms with E-state index in [-0.39, 0.29) is 5.56 Å². The Morgan fingerprint density at radius 1 is 0.897 bits per heavy atom. The molecule has 1 rings (SSSR count). The molecule has 0 atom stereocenters. The molecule has 0 saturated heterocycles. The second kappa shape index (κ2) is 17.1. The van der Waals surface area contributed by atoms with E-state index in [4.69, 9.17) is 5.11 Å². The van der Waals surface area contributed by atoms with Crippen LogP contribution in [0.15, 0.2) is 24.3 Å². The molecular weight excluding hydrogens is 365 g/mol. The minimum atomic E-state index is -1.08. The first-order valence-corrected chi connectivity index (χ1v) is 11.6. The summed E-state index contributed by atoms with van der Waals surface area (Å²) in [5.41, 5.74) is 1.03. The van der Waals surface area contributed by atoms with E-state index in [0.29, 0.717) is 0 Å². The molecule has 1 aromatic carbocycles. The number of unbranched alkanes of at least 4 members (excludes halogenated alkanes) is 13. The molecule has 3 nitrogen and oxygen atoms in total. The number of hydrogen-bond acceptors (Lipinski definition) is 2. The van der Waals surface area contributed by atoms with Crippen molar-refractivity contribution in [2.45, 2.75) is 96.8 Å². The number of rotatable bonds is 18. The highest BCUT2D eigenvalue weighted by molar-refractivity contribution is 5.85. The highest BCUT2D eigenvalue weighted by atomic mass is 19.1. The third kappa shape index (κ3) is 13.9. The van der Waals surface area contributed by atoms with Gasteiger partial charge in [0.15, 0.2) is 0 Å². The van der Waals surface area contributed by atoms with E-state index in [1.807, 2.05) is 0 Å². The number of nitrogens with one attached hydrogen (secondary N) is 1. The average molecular weight is 406 g/mol. The Morgan fingerprint density at radius 2 is 1.41 bits per heavy atom. The highest BCUT2D eigenvalue weighted by Gasteiger charge is 2.01. The van der Waals surface area contributed by atoms with Gasteiger partial charge in [-0.05, 0) is 30.7 Å². The summed E-state index contributed by atoms with van der Waals surface area (Å²) in [5.74, 6) is -1.49. The Morgan fingerprint density at radius 3 is 1.90 bits per heavy atom. The quantitative estimate of drug-likeness (QED) is 0.193. The van der Waals surface area contributed by atoms with E-state index < -0.39 is 11.8 Å². The fourth-order valence-corrected chi connectivity index (χ4v) is 3.49. The van der Waals surface area contributed by atoms with Crippen molar-refractivity contribution < 1.29 is 14.3 Å². The minimum Gasteiger partial charge on any atom is -0.478 e. The van der Waals surface area contributed by atoms with Crippen LogP contribution in [0, 0.1) is 5.82 Å². The summed E-state index contributed by atoms with van der Waals surface area (Å²) in [6, 6.07) is 4.81.